The number of carbonyl (C=O) groups excluding carboxylic acids is 1. The van der Waals surface area contributed by atoms with Gasteiger partial charge >= 0.3 is 0 Å². The highest BCUT2D eigenvalue weighted by Crippen LogP contribution is 2.30. The second-order valence-electron chi connectivity index (χ2n) is 5.97. The lowest BCUT2D eigenvalue weighted by atomic mass is 10.0. The number of benzene rings is 2. The van der Waals surface area contributed by atoms with Gasteiger partial charge in [0.2, 0.25) is 5.78 Å². The van der Waals surface area contributed by atoms with Gasteiger partial charge in [0.25, 0.3) is 0 Å². The van der Waals surface area contributed by atoms with Crippen LogP contribution in [0.2, 0.25) is 0 Å². The maximum absolute atomic E-state index is 12.6. The van der Waals surface area contributed by atoms with Crippen molar-refractivity contribution in [2.24, 2.45) is 0 Å². The Morgan fingerprint density at radius 1 is 1.12 bits per heavy atom. The molecule has 0 atom stereocenters. The van der Waals surface area contributed by atoms with Crippen LogP contribution in [-0.2, 0) is 0 Å². The van der Waals surface area contributed by atoms with Gasteiger partial charge in [-0.1, -0.05) is 53.2 Å². The summed E-state index contributed by atoms with van der Waals surface area (Å²) >= 11 is 4.63. The lowest BCUT2D eigenvalue weighted by Gasteiger charge is -2.07. The quantitative estimate of drug-likeness (QED) is 0.533. The summed E-state index contributed by atoms with van der Waals surface area (Å²) in [5, 5.41) is 3.82. The molecule has 3 aromatic rings. The summed E-state index contributed by atoms with van der Waals surface area (Å²) in [6.45, 7) is 4.31. The molecule has 0 saturated carbocycles. The van der Waals surface area contributed by atoms with Gasteiger partial charge < -0.3 is 11.1 Å². The molecule has 128 valence electrons. The van der Waals surface area contributed by atoms with Crippen LogP contribution >= 0.6 is 27.3 Å². The largest absolute Gasteiger partial charge is 0.382 e. The van der Waals surface area contributed by atoms with Crippen LogP contribution in [0.15, 0.2) is 53.0 Å². The van der Waals surface area contributed by atoms with Crippen molar-refractivity contribution < 1.29 is 4.79 Å². The van der Waals surface area contributed by atoms with Crippen LogP contribution in [0.1, 0.15) is 40.6 Å². The molecule has 0 saturated heterocycles. The Morgan fingerprint density at radius 2 is 1.76 bits per heavy atom. The summed E-state index contributed by atoms with van der Waals surface area (Å²) < 4.78 is 0.925. The number of anilines is 3. The summed E-state index contributed by atoms with van der Waals surface area (Å²) in [4.78, 5) is 17.3. The lowest BCUT2D eigenvalue weighted by Crippen LogP contribution is -2.02. The third kappa shape index (κ3) is 4.08. The highest BCUT2D eigenvalue weighted by Gasteiger charge is 2.18. The monoisotopic (exact) mass is 415 g/mol. The number of nitrogens with zero attached hydrogens (tertiary/aromatic N) is 1. The van der Waals surface area contributed by atoms with Crippen LogP contribution < -0.4 is 11.1 Å². The van der Waals surface area contributed by atoms with Gasteiger partial charge in [-0.2, -0.15) is 0 Å². The second kappa shape index (κ2) is 7.37. The van der Waals surface area contributed by atoms with E-state index in [2.05, 4.69) is 52.2 Å². The van der Waals surface area contributed by atoms with E-state index in [-0.39, 0.29) is 11.6 Å². The third-order valence-corrected chi connectivity index (χ3v) is 5.31. The van der Waals surface area contributed by atoms with E-state index >= 15 is 0 Å². The molecule has 0 fully saturated rings. The van der Waals surface area contributed by atoms with Crippen LogP contribution in [0.3, 0.4) is 0 Å². The first-order chi connectivity index (χ1) is 11.9. The molecule has 3 rings (SSSR count). The molecule has 3 N–H and O–H groups in total. The molecular formula is C19H18BrN3OS. The van der Waals surface area contributed by atoms with Gasteiger partial charge in [-0.25, -0.2) is 4.98 Å². The smallest absolute Gasteiger partial charge is 0.206 e. The zero-order chi connectivity index (χ0) is 18.0. The summed E-state index contributed by atoms with van der Waals surface area (Å²) in [6.07, 6.45) is 0. The van der Waals surface area contributed by atoms with E-state index < -0.39 is 0 Å². The Bertz CT molecular complexity index is 886. The van der Waals surface area contributed by atoms with Crippen LogP contribution in [-0.4, -0.2) is 10.8 Å². The molecule has 0 spiro atoms. The summed E-state index contributed by atoms with van der Waals surface area (Å²) in [7, 11) is 0. The molecule has 0 aliphatic heterocycles. The van der Waals surface area contributed by atoms with E-state index in [1.165, 1.54) is 16.9 Å². The molecule has 0 aliphatic rings. The number of nitrogens with one attached hydrogen (secondary N) is 1. The Morgan fingerprint density at radius 3 is 2.36 bits per heavy atom. The van der Waals surface area contributed by atoms with Crippen molar-refractivity contribution in [3.05, 3.63) is 69.0 Å². The fourth-order valence-electron chi connectivity index (χ4n) is 2.36. The molecule has 0 aliphatic carbocycles. The van der Waals surface area contributed by atoms with Crippen LogP contribution in [0.25, 0.3) is 0 Å². The van der Waals surface area contributed by atoms with E-state index in [4.69, 9.17) is 5.73 Å². The molecule has 1 heterocycles. The van der Waals surface area contributed by atoms with Crippen molar-refractivity contribution in [1.82, 2.24) is 4.98 Å². The Hall–Kier alpha value is -2.18. The van der Waals surface area contributed by atoms with Crippen molar-refractivity contribution in [3.63, 3.8) is 0 Å². The summed E-state index contributed by atoms with van der Waals surface area (Å²) in [6, 6.07) is 15.4. The predicted octanol–water partition coefficient (Wildman–Crippen LogP) is 5.59. The normalized spacial score (nSPS) is 10.9. The van der Waals surface area contributed by atoms with E-state index in [0.29, 0.717) is 21.5 Å². The third-order valence-electron chi connectivity index (χ3n) is 3.79. The average Bonchev–Trinajstić information content (AvgIpc) is 2.95. The minimum Gasteiger partial charge on any atom is -0.382 e. The van der Waals surface area contributed by atoms with Crippen molar-refractivity contribution in [1.29, 1.82) is 0 Å². The summed E-state index contributed by atoms with van der Waals surface area (Å²) in [5.41, 5.74) is 8.74. The minimum absolute atomic E-state index is 0.120. The molecular weight excluding hydrogens is 398 g/mol. The van der Waals surface area contributed by atoms with Gasteiger partial charge in [0.05, 0.1) is 0 Å². The van der Waals surface area contributed by atoms with Gasteiger partial charge in [0, 0.05) is 15.7 Å². The van der Waals surface area contributed by atoms with Crippen molar-refractivity contribution in [3.8, 4) is 0 Å². The number of aromatic nitrogens is 1. The SMILES string of the molecule is CC(C)c1ccc(Nc2nc(N)c(C(=O)c3ccc(Br)cc3)s2)cc1. The van der Waals surface area contributed by atoms with Gasteiger partial charge in [0.15, 0.2) is 5.13 Å². The van der Waals surface area contributed by atoms with Crippen molar-refractivity contribution >= 4 is 49.7 Å². The first kappa shape index (κ1) is 17.6. The number of ketones is 1. The van der Waals surface area contributed by atoms with Gasteiger partial charge in [-0.15, -0.1) is 0 Å². The molecule has 0 radical (unpaired) electrons. The molecule has 6 heteroatoms. The van der Waals surface area contributed by atoms with Crippen LogP contribution in [0.5, 0.6) is 0 Å². The fraction of sp³-hybridized carbons (Fsp3) is 0.158. The maximum Gasteiger partial charge on any atom is 0.206 e. The predicted molar refractivity (Wildman–Crippen MR) is 108 cm³/mol. The van der Waals surface area contributed by atoms with Gasteiger partial charge in [-0.3, -0.25) is 4.79 Å². The van der Waals surface area contributed by atoms with E-state index in [1.807, 2.05) is 24.3 Å². The fourth-order valence-corrected chi connectivity index (χ4v) is 3.49. The molecule has 0 bridgehead atoms. The zero-order valence-corrected chi connectivity index (χ0v) is 16.3. The number of carbonyl (C=O) groups is 1. The van der Waals surface area contributed by atoms with E-state index in [0.717, 1.165) is 10.2 Å². The van der Waals surface area contributed by atoms with E-state index in [9.17, 15) is 4.79 Å². The number of hydrogen-bond acceptors (Lipinski definition) is 5. The molecule has 25 heavy (non-hydrogen) atoms. The lowest BCUT2D eigenvalue weighted by molar-refractivity contribution is 0.104. The van der Waals surface area contributed by atoms with Crippen molar-refractivity contribution in [2.75, 3.05) is 11.1 Å². The topological polar surface area (TPSA) is 68.0 Å². The highest BCUT2D eigenvalue weighted by atomic mass is 79.9. The second-order valence-corrected chi connectivity index (χ2v) is 7.89. The number of nitrogens with two attached hydrogens (primary N) is 1. The standard InChI is InChI=1S/C19H18BrN3OS/c1-11(2)12-5-9-15(10-6-12)22-19-23-18(21)17(25-19)16(24)13-3-7-14(20)8-4-13/h3-11H,21H2,1-2H3,(H,22,23). The number of hydrogen-bond donors (Lipinski definition) is 2. The Labute approximate surface area is 159 Å². The van der Waals surface area contributed by atoms with Crippen LogP contribution in [0.4, 0.5) is 16.6 Å². The summed E-state index contributed by atoms with van der Waals surface area (Å²) in [5.74, 6) is 0.615. The molecule has 0 amide bonds. The number of thiazole rings is 1. The van der Waals surface area contributed by atoms with Crippen LogP contribution in [0, 0.1) is 0 Å². The Kier molecular flexibility index (Phi) is 5.20. The van der Waals surface area contributed by atoms with E-state index in [1.54, 1.807) is 12.1 Å². The molecule has 1 aromatic heterocycles. The molecule has 0 unspecified atom stereocenters. The first-order valence-electron chi connectivity index (χ1n) is 7.87. The highest BCUT2D eigenvalue weighted by molar-refractivity contribution is 9.10. The zero-order valence-electron chi connectivity index (χ0n) is 13.9. The number of rotatable bonds is 5. The van der Waals surface area contributed by atoms with Gasteiger partial charge in [-0.05, 0) is 47.9 Å². The average molecular weight is 416 g/mol. The van der Waals surface area contributed by atoms with Gasteiger partial charge in [0.1, 0.15) is 10.7 Å². The van der Waals surface area contributed by atoms with Crippen molar-refractivity contribution in [2.45, 2.75) is 19.8 Å². The Balaban J connectivity index is 1.80. The minimum atomic E-state index is -0.120. The molecule has 4 nitrogen and oxygen atoms in total. The number of nitrogen functional groups attached to an aromatic ring is 1. The molecule has 2 aromatic carbocycles. The first-order valence-corrected chi connectivity index (χ1v) is 9.48. The number of halogens is 1. The maximum atomic E-state index is 12.6.